The smallest absolute Gasteiger partial charge is 0.209 e. The summed E-state index contributed by atoms with van der Waals surface area (Å²) in [5, 5.41) is 12.7. The van der Waals surface area contributed by atoms with Gasteiger partial charge in [0.2, 0.25) is 5.82 Å². The van der Waals surface area contributed by atoms with Gasteiger partial charge < -0.3 is 9.80 Å². The molecule has 2 N–H and O–H groups in total. The first-order valence-electron chi connectivity index (χ1n) is 9.98. The molecule has 1 aliphatic heterocycles. The van der Waals surface area contributed by atoms with Crippen molar-refractivity contribution in [2.45, 2.75) is 83.8 Å². The van der Waals surface area contributed by atoms with Gasteiger partial charge in [0.25, 0.3) is 0 Å². The molecule has 2 fully saturated rings. The fraction of sp³-hybridized carbons (Fsp3) is 0.944. The molecular formula is C18H36N6+2. The number of hydrogen-bond acceptors (Lipinski definition) is 3. The molecule has 1 atom stereocenters. The van der Waals surface area contributed by atoms with Crippen molar-refractivity contribution < 1.29 is 9.80 Å². The molecule has 3 rings (SSSR count). The number of piperazine rings is 1. The quantitative estimate of drug-likeness (QED) is 0.814. The van der Waals surface area contributed by atoms with E-state index in [4.69, 9.17) is 0 Å². The van der Waals surface area contributed by atoms with E-state index in [-0.39, 0.29) is 5.54 Å². The normalized spacial score (nSPS) is 28.0. The summed E-state index contributed by atoms with van der Waals surface area (Å²) in [4.78, 5) is 3.54. The van der Waals surface area contributed by atoms with Gasteiger partial charge in [0.05, 0.1) is 11.6 Å². The number of nitrogens with one attached hydrogen (secondary N) is 2. The number of rotatable bonds is 4. The summed E-state index contributed by atoms with van der Waals surface area (Å²) < 4.78 is 2.04. The molecule has 0 amide bonds. The summed E-state index contributed by atoms with van der Waals surface area (Å²) in [6.07, 6.45) is 8.35. The number of quaternary nitrogens is 2. The molecule has 0 spiro atoms. The van der Waals surface area contributed by atoms with Crippen LogP contribution in [-0.2, 0) is 5.54 Å². The molecule has 0 radical (unpaired) electrons. The molecule has 24 heavy (non-hydrogen) atoms. The maximum atomic E-state index is 4.41. The Kier molecular flexibility index (Phi) is 5.55. The van der Waals surface area contributed by atoms with Gasteiger partial charge in [-0.25, -0.2) is 4.68 Å². The van der Waals surface area contributed by atoms with Gasteiger partial charge >= 0.3 is 0 Å². The number of nitrogens with zero attached hydrogens (tertiary/aromatic N) is 4. The molecule has 6 heteroatoms. The van der Waals surface area contributed by atoms with E-state index in [0.29, 0.717) is 6.04 Å². The maximum absolute atomic E-state index is 4.41. The topological polar surface area (TPSA) is 52.5 Å². The van der Waals surface area contributed by atoms with Gasteiger partial charge in [0.15, 0.2) is 0 Å². The Morgan fingerprint density at radius 2 is 1.75 bits per heavy atom. The predicted molar refractivity (Wildman–Crippen MR) is 94.1 cm³/mol. The van der Waals surface area contributed by atoms with E-state index in [9.17, 15) is 0 Å². The molecule has 1 saturated carbocycles. The Morgan fingerprint density at radius 3 is 2.33 bits per heavy atom. The van der Waals surface area contributed by atoms with Gasteiger partial charge in [0, 0.05) is 6.42 Å². The molecule has 2 heterocycles. The fourth-order valence-corrected chi connectivity index (χ4v) is 4.70. The van der Waals surface area contributed by atoms with Crippen LogP contribution in [0.5, 0.6) is 0 Å². The third-order valence-electron chi connectivity index (χ3n) is 6.06. The van der Waals surface area contributed by atoms with Crippen LogP contribution in [0.15, 0.2) is 0 Å². The highest BCUT2D eigenvalue weighted by atomic mass is 15.6. The van der Waals surface area contributed by atoms with Crippen molar-refractivity contribution >= 4 is 0 Å². The number of aromatic nitrogens is 4. The minimum Gasteiger partial charge on any atom is -0.323 e. The second kappa shape index (κ2) is 7.48. The Labute approximate surface area is 146 Å². The van der Waals surface area contributed by atoms with Crippen LogP contribution in [0.3, 0.4) is 0 Å². The molecule has 0 unspecified atom stereocenters. The molecular weight excluding hydrogens is 300 g/mol. The highest BCUT2D eigenvalue weighted by Gasteiger charge is 2.37. The average molecular weight is 337 g/mol. The summed E-state index contributed by atoms with van der Waals surface area (Å²) in [5.74, 6) is 1.07. The minimum absolute atomic E-state index is 0.0547. The zero-order valence-electron chi connectivity index (χ0n) is 16.0. The van der Waals surface area contributed by atoms with Gasteiger partial charge in [-0.3, -0.25) is 0 Å². The van der Waals surface area contributed by atoms with Crippen LogP contribution in [-0.4, -0.2) is 52.4 Å². The lowest BCUT2D eigenvalue weighted by Crippen LogP contribution is -3.29. The van der Waals surface area contributed by atoms with E-state index in [2.05, 4.69) is 43.2 Å². The van der Waals surface area contributed by atoms with Crippen molar-refractivity contribution in [1.82, 2.24) is 20.2 Å². The number of hydrogen-bond donors (Lipinski definition) is 2. The monoisotopic (exact) mass is 336 g/mol. The Hall–Kier alpha value is -1.01. The van der Waals surface area contributed by atoms with E-state index in [0.717, 1.165) is 18.3 Å². The first-order chi connectivity index (χ1) is 11.5. The van der Waals surface area contributed by atoms with Crippen LogP contribution in [0.1, 0.15) is 78.1 Å². The van der Waals surface area contributed by atoms with E-state index in [1.165, 1.54) is 58.3 Å². The van der Waals surface area contributed by atoms with E-state index in [1.807, 2.05) is 9.58 Å². The molecule has 1 aliphatic carbocycles. The summed E-state index contributed by atoms with van der Waals surface area (Å²) in [5.41, 5.74) is -0.0547. The zero-order valence-corrected chi connectivity index (χ0v) is 16.0. The predicted octanol–water partition coefficient (Wildman–Crippen LogP) is -0.00470. The zero-order chi connectivity index (χ0) is 17.2. The van der Waals surface area contributed by atoms with Gasteiger partial charge in [-0.05, 0) is 56.9 Å². The highest BCUT2D eigenvalue weighted by Crippen LogP contribution is 2.19. The van der Waals surface area contributed by atoms with Crippen molar-refractivity contribution in [3.8, 4) is 0 Å². The van der Waals surface area contributed by atoms with Crippen LogP contribution in [0, 0.1) is 0 Å². The molecule has 136 valence electrons. The Bertz CT molecular complexity index is 506. The molecule has 2 aliphatic rings. The summed E-state index contributed by atoms with van der Waals surface area (Å²) in [6, 6.07) is 1.35. The van der Waals surface area contributed by atoms with Gasteiger partial charge in [-0.1, -0.05) is 13.3 Å². The second-order valence-corrected chi connectivity index (χ2v) is 8.73. The SMILES string of the molecule is CC[C@@H](c1nnnn1C(C)(C)C)[NH+]1CC[NH+](C2CCCCC2)CC1. The van der Waals surface area contributed by atoms with Crippen LogP contribution >= 0.6 is 0 Å². The summed E-state index contributed by atoms with van der Waals surface area (Å²) >= 11 is 0. The highest BCUT2D eigenvalue weighted by molar-refractivity contribution is 4.91. The second-order valence-electron chi connectivity index (χ2n) is 8.73. The molecule has 1 aromatic heterocycles. The third kappa shape index (κ3) is 3.80. The van der Waals surface area contributed by atoms with E-state index < -0.39 is 0 Å². The lowest BCUT2D eigenvalue weighted by atomic mass is 9.93. The van der Waals surface area contributed by atoms with Crippen molar-refractivity contribution in [1.29, 1.82) is 0 Å². The Morgan fingerprint density at radius 1 is 1.08 bits per heavy atom. The molecule has 1 aromatic rings. The van der Waals surface area contributed by atoms with Crippen LogP contribution < -0.4 is 9.80 Å². The molecule has 0 bridgehead atoms. The maximum Gasteiger partial charge on any atom is 0.209 e. The third-order valence-corrected chi connectivity index (χ3v) is 6.06. The van der Waals surface area contributed by atoms with Crippen LogP contribution in [0.2, 0.25) is 0 Å². The standard InChI is InChI=1S/C18H34N6/c1-5-16(17-19-20-21-24(17)18(2,3)4)23-13-11-22(12-14-23)15-9-7-6-8-10-15/h15-16H,5-14H2,1-4H3/p+2/t16-/m0/s1. The van der Waals surface area contributed by atoms with Gasteiger partial charge in [0.1, 0.15) is 32.2 Å². The van der Waals surface area contributed by atoms with Crippen LogP contribution in [0.25, 0.3) is 0 Å². The Balaban J connectivity index is 1.65. The van der Waals surface area contributed by atoms with Gasteiger partial charge in [-0.2, -0.15) is 0 Å². The van der Waals surface area contributed by atoms with Crippen molar-refractivity contribution in [2.75, 3.05) is 26.2 Å². The van der Waals surface area contributed by atoms with Crippen molar-refractivity contribution in [3.05, 3.63) is 5.82 Å². The minimum atomic E-state index is -0.0547. The summed E-state index contributed by atoms with van der Waals surface area (Å²) in [7, 11) is 0. The summed E-state index contributed by atoms with van der Waals surface area (Å²) in [6.45, 7) is 13.9. The first kappa shape index (κ1) is 17.8. The van der Waals surface area contributed by atoms with E-state index in [1.54, 1.807) is 4.90 Å². The lowest BCUT2D eigenvalue weighted by molar-refractivity contribution is -1.04. The average Bonchev–Trinajstić information content (AvgIpc) is 3.07. The molecule has 1 saturated heterocycles. The van der Waals surface area contributed by atoms with Gasteiger partial charge in [-0.15, -0.1) is 5.10 Å². The van der Waals surface area contributed by atoms with E-state index >= 15 is 0 Å². The number of tetrazole rings is 1. The van der Waals surface area contributed by atoms with Crippen molar-refractivity contribution in [3.63, 3.8) is 0 Å². The largest absolute Gasteiger partial charge is 0.323 e. The lowest BCUT2D eigenvalue weighted by Gasteiger charge is -2.38. The first-order valence-corrected chi connectivity index (χ1v) is 9.98. The molecule has 0 aromatic carbocycles. The van der Waals surface area contributed by atoms with Crippen LogP contribution in [0.4, 0.5) is 0 Å². The molecule has 6 nitrogen and oxygen atoms in total. The van der Waals surface area contributed by atoms with Crippen molar-refractivity contribution in [2.24, 2.45) is 0 Å². The fourth-order valence-electron chi connectivity index (χ4n) is 4.70.